The molecule has 1 saturated heterocycles. The van der Waals surface area contributed by atoms with Crippen LogP contribution in [0.15, 0.2) is 12.1 Å². The number of nitrogens with zero attached hydrogens (tertiary/aromatic N) is 1. The molecule has 1 aromatic carbocycles. The van der Waals surface area contributed by atoms with Gasteiger partial charge in [0, 0.05) is 19.7 Å². The fourth-order valence-electron chi connectivity index (χ4n) is 2.33. The third-order valence-corrected chi connectivity index (χ3v) is 3.38. The minimum Gasteiger partial charge on any atom is -0.396 e. The lowest BCUT2D eigenvalue weighted by Gasteiger charge is -2.23. The van der Waals surface area contributed by atoms with Crippen LogP contribution in [0.25, 0.3) is 0 Å². The first kappa shape index (κ1) is 14.2. The van der Waals surface area contributed by atoms with E-state index in [1.54, 1.807) is 0 Å². The Balaban J connectivity index is 2.31. The van der Waals surface area contributed by atoms with Crippen LogP contribution < -0.4 is 11.1 Å². The molecule has 1 heterocycles. The van der Waals surface area contributed by atoms with Crippen molar-refractivity contribution >= 4 is 17.5 Å². The number of likely N-dealkylation sites (tertiary alicyclic amines) is 1. The second-order valence-corrected chi connectivity index (χ2v) is 4.62. The number of hydrogen-bond acceptors (Lipinski definition) is 3. The summed E-state index contributed by atoms with van der Waals surface area (Å²) in [7, 11) is 1.47. The lowest BCUT2D eigenvalue weighted by molar-refractivity contribution is -0.124. The number of benzene rings is 1. The van der Waals surface area contributed by atoms with E-state index in [1.807, 2.05) is 0 Å². The van der Waals surface area contributed by atoms with Crippen LogP contribution in [0.1, 0.15) is 23.2 Å². The van der Waals surface area contributed by atoms with Gasteiger partial charge in [-0.2, -0.15) is 0 Å². The van der Waals surface area contributed by atoms with Gasteiger partial charge in [0.15, 0.2) is 0 Å². The number of nitrogens with two attached hydrogens (primary N) is 1. The van der Waals surface area contributed by atoms with Gasteiger partial charge < -0.3 is 16.0 Å². The molecule has 3 N–H and O–H groups in total. The molecule has 1 unspecified atom stereocenters. The first-order chi connectivity index (χ1) is 9.45. The number of rotatable bonds is 2. The predicted octanol–water partition coefficient (Wildman–Crippen LogP) is 0.898. The van der Waals surface area contributed by atoms with Crippen molar-refractivity contribution in [2.75, 3.05) is 19.3 Å². The van der Waals surface area contributed by atoms with Crippen LogP contribution in [-0.2, 0) is 4.79 Å². The molecule has 0 aliphatic carbocycles. The summed E-state index contributed by atoms with van der Waals surface area (Å²) in [4.78, 5) is 25.3. The van der Waals surface area contributed by atoms with E-state index in [-0.39, 0.29) is 17.2 Å². The number of halogens is 2. The molecule has 1 fully saturated rings. The molecule has 1 atom stereocenters. The van der Waals surface area contributed by atoms with Gasteiger partial charge in [0.25, 0.3) is 5.91 Å². The van der Waals surface area contributed by atoms with E-state index < -0.39 is 23.6 Å². The van der Waals surface area contributed by atoms with Gasteiger partial charge in [-0.15, -0.1) is 0 Å². The summed E-state index contributed by atoms with van der Waals surface area (Å²) in [5, 5.41) is 2.47. The molecule has 0 radical (unpaired) electrons. The summed E-state index contributed by atoms with van der Waals surface area (Å²) in [5.41, 5.74) is 4.73. The van der Waals surface area contributed by atoms with Gasteiger partial charge in [-0.25, -0.2) is 8.78 Å². The van der Waals surface area contributed by atoms with E-state index in [1.165, 1.54) is 11.9 Å². The lowest BCUT2D eigenvalue weighted by atomic mass is 10.1. The second kappa shape index (κ2) is 5.44. The van der Waals surface area contributed by atoms with Crippen molar-refractivity contribution in [3.8, 4) is 0 Å². The van der Waals surface area contributed by atoms with E-state index in [2.05, 4.69) is 5.32 Å². The molecular weight excluding hydrogens is 268 g/mol. The quantitative estimate of drug-likeness (QED) is 0.792. The summed E-state index contributed by atoms with van der Waals surface area (Å²) in [6.45, 7) is 0.355. The average molecular weight is 283 g/mol. The molecule has 0 saturated carbocycles. The number of likely N-dealkylation sites (N-methyl/N-ethyl adjacent to an activating group) is 1. The number of anilines is 1. The number of nitrogen functional groups attached to an aromatic ring is 1. The average Bonchev–Trinajstić information content (AvgIpc) is 2.90. The van der Waals surface area contributed by atoms with Gasteiger partial charge in [0.05, 0.1) is 11.3 Å². The molecule has 1 aliphatic heterocycles. The van der Waals surface area contributed by atoms with Gasteiger partial charge >= 0.3 is 0 Å². The van der Waals surface area contributed by atoms with Crippen molar-refractivity contribution in [1.82, 2.24) is 10.2 Å². The maximum Gasteiger partial charge on any atom is 0.257 e. The first-order valence-electron chi connectivity index (χ1n) is 6.22. The lowest BCUT2D eigenvalue weighted by Crippen LogP contribution is -2.45. The Morgan fingerprint density at radius 3 is 2.70 bits per heavy atom. The Morgan fingerprint density at radius 1 is 1.35 bits per heavy atom. The summed E-state index contributed by atoms with van der Waals surface area (Å²) >= 11 is 0. The van der Waals surface area contributed by atoms with Crippen molar-refractivity contribution in [1.29, 1.82) is 0 Å². The highest BCUT2D eigenvalue weighted by Gasteiger charge is 2.35. The third kappa shape index (κ3) is 2.43. The van der Waals surface area contributed by atoms with E-state index in [4.69, 9.17) is 5.73 Å². The molecule has 0 aromatic heterocycles. The zero-order chi connectivity index (χ0) is 14.9. The van der Waals surface area contributed by atoms with Crippen LogP contribution >= 0.6 is 0 Å². The van der Waals surface area contributed by atoms with Gasteiger partial charge in [-0.3, -0.25) is 9.59 Å². The molecule has 1 aromatic rings. The fraction of sp³-hybridized carbons (Fsp3) is 0.385. The normalized spacial score (nSPS) is 18.1. The topological polar surface area (TPSA) is 75.4 Å². The van der Waals surface area contributed by atoms with Crippen molar-refractivity contribution in [3.63, 3.8) is 0 Å². The van der Waals surface area contributed by atoms with E-state index in [0.29, 0.717) is 25.5 Å². The number of carbonyl (C=O) groups excluding carboxylic acids is 2. The summed E-state index contributed by atoms with van der Waals surface area (Å²) in [6.07, 6.45) is 1.17. The van der Waals surface area contributed by atoms with Crippen molar-refractivity contribution in [3.05, 3.63) is 29.3 Å². The third-order valence-electron chi connectivity index (χ3n) is 3.38. The Kier molecular flexibility index (Phi) is 3.87. The summed E-state index contributed by atoms with van der Waals surface area (Å²) < 4.78 is 26.8. The number of hydrogen-bond donors (Lipinski definition) is 2. The molecule has 0 bridgehead atoms. The van der Waals surface area contributed by atoms with Crippen molar-refractivity contribution in [2.45, 2.75) is 18.9 Å². The van der Waals surface area contributed by atoms with Gasteiger partial charge in [0.2, 0.25) is 5.91 Å². The summed E-state index contributed by atoms with van der Waals surface area (Å²) in [6, 6.07) is 0.915. The first-order valence-corrected chi connectivity index (χ1v) is 6.22. The minimum atomic E-state index is -0.982. The standard InChI is InChI=1S/C13H15F2N3O2/c1-17-12(19)11-3-2-4-18(11)13(20)7-5-10(16)9(15)6-8(7)14/h5-6,11H,2-4,16H2,1H3,(H,17,19). The molecule has 1 aliphatic rings. The molecule has 108 valence electrons. The maximum absolute atomic E-state index is 13.7. The second-order valence-electron chi connectivity index (χ2n) is 4.62. The molecule has 2 rings (SSSR count). The van der Waals surface area contributed by atoms with Gasteiger partial charge in [0.1, 0.15) is 17.7 Å². The highest BCUT2D eigenvalue weighted by Crippen LogP contribution is 2.23. The number of amides is 2. The van der Waals surface area contributed by atoms with Crippen molar-refractivity contribution in [2.24, 2.45) is 0 Å². The zero-order valence-electron chi connectivity index (χ0n) is 11.0. The van der Waals surface area contributed by atoms with Crippen LogP contribution in [0.4, 0.5) is 14.5 Å². The molecular formula is C13H15F2N3O2. The van der Waals surface area contributed by atoms with Gasteiger partial charge in [-0.1, -0.05) is 0 Å². The Hall–Kier alpha value is -2.18. The minimum absolute atomic E-state index is 0.300. The molecule has 20 heavy (non-hydrogen) atoms. The zero-order valence-corrected chi connectivity index (χ0v) is 11.0. The maximum atomic E-state index is 13.7. The van der Waals surface area contributed by atoms with Crippen molar-refractivity contribution < 1.29 is 18.4 Å². The molecule has 7 heteroatoms. The van der Waals surface area contributed by atoms with Crippen LogP contribution in [0.5, 0.6) is 0 Å². The van der Waals surface area contributed by atoms with Crippen LogP contribution in [-0.4, -0.2) is 36.3 Å². The van der Waals surface area contributed by atoms with Crippen LogP contribution in [0.3, 0.4) is 0 Å². The highest BCUT2D eigenvalue weighted by atomic mass is 19.1. The van der Waals surface area contributed by atoms with Gasteiger partial charge in [-0.05, 0) is 18.9 Å². The SMILES string of the molecule is CNC(=O)C1CCCN1C(=O)c1cc(N)c(F)cc1F. The monoisotopic (exact) mass is 283 g/mol. The number of carbonyl (C=O) groups is 2. The predicted molar refractivity (Wildman–Crippen MR) is 68.9 cm³/mol. The van der Waals surface area contributed by atoms with Crippen LogP contribution in [0, 0.1) is 11.6 Å². The summed E-state index contributed by atoms with van der Waals surface area (Å²) in [5.74, 6) is -2.85. The fourth-order valence-corrected chi connectivity index (χ4v) is 2.33. The molecule has 5 nitrogen and oxygen atoms in total. The highest BCUT2D eigenvalue weighted by molar-refractivity contribution is 5.98. The van der Waals surface area contributed by atoms with Crippen LogP contribution in [0.2, 0.25) is 0 Å². The van der Waals surface area contributed by atoms with E-state index >= 15 is 0 Å². The Labute approximate surface area is 114 Å². The molecule has 0 spiro atoms. The Morgan fingerprint density at radius 2 is 2.05 bits per heavy atom. The van der Waals surface area contributed by atoms with E-state index in [0.717, 1.165) is 6.07 Å². The van der Waals surface area contributed by atoms with E-state index in [9.17, 15) is 18.4 Å². The molecule has 2 amide bonds. The Bertz CT molecular complexity index is 563. The largest absolute Gasteiger partial charge is 0.396 e. The number of nitrogens with one attached hydrogen (secondary N) is 1. The smallest absolute Gasteiger partial charge is 0.257 e.